The third-order valence-electron chi connectivity index (χ3n) is 2.16. The van der Waals surface area contributed by atoms with Crippen LogP contribution in [0.3, 0.4) is 0 Å². The molecular weight excluding hydrogens is 230 g/mol. The number of carbonyl (C=O) groups is 1. The molecule has 76 valence electrons. The Bertz CT molecular complexity index is 228. The summed E-state index contributed by atoms with van der Waals surface area (Å²) in [4.78, 5) is 13.3. The molecule has 0 aromatic rings. The van der Waals surface area contributed by atoms with Gasteiger partial charge in [-0.3, -0.25) is 9.69 Å². The van der Waals surface area contributed by atoms with Crippen molar-refractivity contribution >= 4 is 22.8 Å². The van der Waals surface area contributed by atoms with Gasteiger partial charge in [0.15, 0.2) is 5.78 Å². The number of likely N-dealkylation sites (N-methyl/N-ethyl adjacent to an activating group) is 1. The van der Waals surface area contributed by atoms with Crippen LogP contribution in [0.25, 0.3) is 0 Å². The van der Waals surface area contributed by atoms with Crippen LogP contribution in [0.15, 0.2) is 11.6 Å². The van der Waals surface area contributed by atoms with Crippen molar-refractivity contribution < 1.29 is 4.79 Å². The van der Waals surface area contributed by atoms with Gasteiger partial charge in [0.25, 0.3) is 0 Å². The molecule has 0 amide bonds. The number of hydrogen-bond acceptors (Lipinski definition) is 2. The Kier molecular flexibility index (Phi) is 4.33. The molecule has 13 heavy (non-hydrogen) atoms. The van der Waals surface area contributed by atoms with E-state index in [4.69, 9.17) is 0 Å². The molecule has 3 heteroatoms. The van der Waals surface area contributed by atoms with Crippen LogP contribution in [0.1, 0.15) is 20.8 Å². The summed E-state index contributed by atoms with van der Waals surface area (Å²) in [6, 6.07) is 0. The predicted octanol–water partition coefficient (Wildman–Crippen LogP) is 2.05. The molecule has 0 atom stereocenters. The molecule has 1 aliphatic rings. The number of ketones is 1. The van der Waals surface area contributed by atoms with Gasteiger partial charge in [-0.2, -0.15) is 0 Å². The average molecular weight is 248 g/mol. The van der Waals surface area contributed by atoms with E-state index in [2.05, 4.69) is 25.7 Å². The van der Waals surface area contributed by atoms with Gasteiger partial charge >= 0.3 is 0 Å². The van der Waals surface area contributed by atoms with Crippen molar-refractivity contribution in [3.8, 4) is 0 Å². The van der Waals surface area contributed by atoms with Crippen LogP contribution in [0.4, 0.5) is 0 Å². The fourth-order valence-electron chi connectivity index (χ4n) is 1.35. The summed E-state index contributed by atoms with van der Waals surface area (Å²) in [5.74, 6) is 0.230. The molecule has 0 aliphatic carbocycles. The van der Waals surface area contributed by atoms with E-state index < -0.39 is 0 Å². The van der Waals surface area contributed by atoms with E-state index in [0.717, 1.165) is 6.54 Å². The molecule has 1 rings (SSSR count). The SMILES string of the molecule is Br.CN1CC(=O)C=C(C(C)(C)C)C1. The average Bonchev–Trinajstić information content (AvgIpc) is 1.82. The number of nitrogens with zero attached hydrogens (tertiary/aromatic N) is 1. The molecule has 1 heterocycles. The summed E-state index contributed by atoms with van der Waals surface area (Å²) in [6.07, 6.45) is 1.81. The Labute approximate surface area is 90.8 Å². The quantitative estimate of drug-likeness (QED) is 0.654. The second-order valence-electron chi connectivity index (χ2n) is 4.56. The van der Waals surface area contributed by atoms with Gasteiger partial charge in [0.1, 0.15) is 0 Å². The zero-order valence-corrected chi connectivity index (χ0v) is 10.5. The molecule has 1 aliphatic heterocycles. The van der Waals surface area contributed by atoms with Crippen LogP contribution in [0, 0.1) is 5.41 Å². The Balaban J connectivity index is 0.00000144. The summed E-state index contributed by atoms with van der Waals surface area (Å²) in [5.41, 5.74) is 1.37. The van der Waals surface area contributed by atoms with Gasteiger partial charge in [-0.25, -0.2) is 0 Å². The Morgan fingerprint density at radius 2 is 1.85 bits per heavy atom. The van der Waals surface area contributed by atoms with Gasteiger partial charge in [-0.1, -0.05) is 20.8 Å². The molecule has 0 aromatic heterocycles. The van der Waals surface area contributed by atoms with Gasteiger partial charge in [0, 0.05) is 6.54 Å². The van der Waals surface area contributed by atoms with Crippen LogP contribution >= 0.6 is 17.0 Å². The minimum absolute atomic E-state index is 0. The van der Waals surface area contributed by atoms with E-state index in [0.29, 0.717) is 6.54 Å². The summed E-state index contributed by atoms with van der Waals surface area (Å²) < 4.78 is 0. The molecule has 0 unspecified atom stereocenters. The second kappa shape index (κ2) is 4.38. The molecule has 0 aromatic carbocycles. The molecule has 0 saturated carbocycles. The number of rotatable bonds is 0. The first-order valence-corrected chi connectivity index (χ1v) is 4.32. The zero-order chi connectivity index (χ0) is 9.35. The van der Waals surface area contributed by atoms with Crippen molar-refractivity contribution in [2.75, 3.05) is 20.1 Å². The Morgan fingerprint density at radius 3 is 2.23 bits per heavy atom. The lowest BCUT2D eigenvalue weighted by atomic mass is 9.84. The monoisotopic (exact) mass is 247 g/mol. The zero-order valence-electron chi connectivity index (χ0n) is 8.76. The third-order valence-corrected chi connectivity index (χ3v) is 2.16. The van der Waals surface area contributed by atoms with E-state index in [1.807, 2.05) is 7.05 Å². The summed E-state index contributed by atoms with van der Waals surface area (Å²) in [7, 11) is 1.98. The minimum Gasteiger partial charge on any atom is -0.295 e. The number of carbonyl (C=O) groups excluding carboxylic acids is 1. The normalized spacial score (nSPS) is 19.4. The highest BCUT2D eigenvalue weighted by Crippen LogP contribution is 2.27. The van der Waals surface area contributed by atoms with Crippen molar-refractivity contribution in [3.05, 3.63) is 11.6 Å². The summed E-state index contributed by atoms with van der Waals surface area (Å²) in [5, 5.41) is 0. The molecule has 0 saturated heterocycles. The van der Waals surface area contributed by atoms with Gasteiger partial charge in [-0.15, -0.1) is 17.0 Å². The lowest BCUT2D eigenvalue weighted by Gasteiger charge is -2.30. The van der Waals surface area contributed by atoms with Gasteiger partial charge in [0.2, 0.25) is 0 Å². The maximum atomic E-state index is 11.2. The van der Waals surface area contributed by atoms with E-state index >= 15 is 0 Å². The summed E-state index contributed by atoms with van der Waals surface area (Å²) >= 11 is 0. The fourth-order valence-corrected chi connectivity index (χ4v) is 1.35. The van der Waals surface area contributed by atoms with Crippen LogP contribution in [-0.2, 0) is 4.79 Å². The largest absolute Gasteiger partial charge is 0.295 e. The van der Waals surface area contributed by atoms with Gasteiger partial charge < -0.3 is 0 Å². The Morgan fingerprint density at radius 1 is 1.31 bits per heavy atom. The predicted molar refractivity (Wildman–Crippen MR) is 60.4 cm³/mol. The maximum absolute atomic E-state index is 11.2. The highest BCUT2D eigenvalue weighted by atomic mass is 79.9. The van der Waals surface area contributed by atoms with Gasteiger partial charge in [-0.05, 0) is 24.1 Å². The van der Waals surface area contributed by atoms with Crippen molar-refractivity contribution in [1.29, 1.82) is 0 Å². The molecule has 0 bridgehead atoms. The first kappa shape index (κ1) is 12.8. The molecular formula is C10H18BrNO. The Hall–Kier alpha value is -0.150. The minimum atomic E-state index is 0. The molecule has 0 fully saturated rings. The fraction of sp³-hybridized carbons (Fsp3) is 0.700. The smallest absolute Gasteiger partial charge is 0.169 e. The van der Waals surface area contributed by atoms with E-state index in [9.17, 15) is 4.79 Å². The van der Waals surface area contributed by atoms with E-state index in [1.54, 1.807) is 6.08 Å². The second-order valence-corrected chi connectivity index (χ2v) is 4.56. The topological polar surface area (TPSA) is 20.3 Å². The van der Waals surface area contributed by atoms with Crippen molar-refractivity contribution in [2.45, 2.75) is 20.8 Å². The van der Waals surface area contributed by atoms with Crippen LogP contribution < -0.4 is 0 Å². The highest BCUT2D eigenvalue weighted by Gasteiger charge is 2.23. The van der Waals surface area contributed by atoms with Crippen LogP contribution in [0.2, 0.25) is 0 Å². The van der Waals surface area contributed by atoms with E-state index in [-0.39, 0.29) is 28.2 Å². The third kappa shape index (κ3) is 3.61. The van der Waals surface area contributed by atoms with Crippen molar-refractivity contribution in [2.24, 2.45) is 5.41 Å². The first-order valence-electron chi connectivity index (χ1n) is 4.32. The first-order chi connectivity index (χ1) is 5.39. The number of hydrogen-bond donors (Lipinski definition) is 0. The molecule has 2 nitrogen and oxygen atoms in total. The van der Waals surface area contributed by atoms with Crippen molar-refractivity contribution in [1.82, 2.24) is 4.90 Å². The molecule has 0 N–H and O–H groups in total. The molecule has 0 radical (unpaired) electrons. The highest BCUT2D eigenvalue weighted by molar-refractivity contribution is 8.93. The maximum Gasteiger partial charge on any atom is 0.169 e. The lowest BCUT2D eigenvalue weighted by Crippen LogP contribution is -2.35. The standard InChI is InChI=1S/C10H17NO.BrH/c1-10(2,3)8-5-9(12)7-11(4)6-8;/h5H,6-7H2,1-4H3;1H. The van der Waals surface area contributed by atoms with Crippen LogP contribution in [0.5, 0.6) is 0 Å². The number of halogens is 1. The summed E-state index contributed by atoms with van der Waals surface area (Å²) in [6.45, 7) is 7.93. The van der Waals surface area contributed by atoms with Gasteiger partial charge in [0.05, 0.1) is 6.54 Å². The van der Waals surface area contributed by atoms with E-state index in [1.165, 1.54) is 5.57 Å². The van der Waals surface area contributed by atoms with Crippen LogP contribution in [-0.4, -0.2) is 30.8 Å². The van der Waals surface area contributed by atoms with Crippen molar-refractivity contribution in [3.63, 3.8) is 0 Å². The lowest BCUT2D eigenvalue weighted by molar-refractivity contribution is -0.116. The molecule has 0 spiro atoms.